The zero-order valence-corrected chi connectivity index (χ0v) is 11.8. The van der Waals surface area contributed by atoms with E-state index in [2.05, 4.69) is 5.48 Å². The Labute approximate surface area is 119 Å². The van der Waals surface area contributed by atoms with Crippen LogP contribution in [-0.2, 0) is 4.84 Å². The van der Waals surface area contributed by atoms with E-state index >= 15 is 0 Å². The SMILES string of the molecule is CC(C)CONC(=O)c1cc(Cl)c(Cl)c([N+](=O)[O-])c1. The van der Waals surface area contributed by atoms with Gasteiger partial charge in [-0.05, 0) is 12.0 Å². The van der Waals surface area contributed by atoms with Crippen molar-refractivity contribution < 1.29 is 14.6 Å². The molecule has 0 heterocycles. The summed E-state index contributed by atoms with van der Waals surface area (Å²) in [6.45, 7) is 4.15. The molecule has 1 N–H and O–H groups in total. The van der Waals surface area contributed by atoms with E-state index in [0.29, 0.717) is 6.61 Å². The Hall–Kier alpha value is -1.37. The summed E-state index contributed by atoms with van der Waals surface area (Å²) >= 11 is 11.4. The van der Waals surface area contributed by atoms with Gasteiger partial charge in [0.1, 0.15) is 5.02 Å². The van der Waals surface area contributed by atoms with Crippen molar-refractivity contribution in [2.24, 2.45) is 5.92 Å². The van der Waals surface area contributed by atoms with Crippen LogP contribution < -0.4 is 5.48 Å². The predicted molar refractivity (Wildman–Crippen MR) is 71.4 cm³/mol. The monoisotopic (exact) mass is 306 g/mol. The number of benzene rings is 1. The second-order valence-electron chi connectivity index (χ2n) is 4.18. The van der Waals surface area contributed by atoms with Gasteiger partial charge in [-0.15, -0.1) is 0 Å². The van der Waals surface area contributed by atoms with Crippen molar-refractivity contribution in [1.82, 2.24) is 5.48 Å². The highest BCUT2D eigenvalue weighted by Gasteiger charge is 2.20. The molecular formula is C11H12Cl2N2O4. The predicted octanol–water partition coefficient (Wildman–Crippen LogP) is 3.22. The molecule has 1 rings (SSSR count). The fourth-order valence-electron chi connectivity index (χ4n) is 1.17. The molecule has 0 aliphatic carbocycles. The van der Waals surface area contributed by atoms with Crippen LogP contribution in [0, 0.1) is 16.0 Å². The Balaban J connectivity index is 2.89. The molecule has 19 heavy (non-hydrogen) atoms. The lowest BCUT2D eigenvalue weighted by Crippen LogP contribution is -2.25. The molecule has 104 valence electrons. The molecule has 0 aliphatic heterocycles. The molecule has 6 nitrogen and oxygen atoms in total. The summed E-state index contributed by atoms with van der Waals surface area (Å²) in [5.74, 6) is -0.384. The first-order valence-electron chi connectivity index (χ1n) is 5.38. The van der Waals surface area contributed by atoms with Crippen molar-refractivity contribution in [1.29, 1.82) is 0 Å². The highest BCUT2D eigenvalue weighted by atomic mass is 35.5. The van der Waals surface area contributed by atoms with Gasteiger partial charge in [0.05, 0.1) is 16.6 Å². The first-order chi connectivity index (χ1) is 8.82. The maximum Gasteiger partial charge on any atom is 0.290 e. The summed E-state index contributed by atoms with van der Waals surface area (Å²) in [6.07, 6.45) is 0. The maximum atomic E-state index is 11.7. The summed E-state index contributed by atoms with van der Waals surface area (Å²) in [7, 11) is 0. The van der Waals surface area contributed by atoms with E-state index in [1.165, 1.54) is 6.07 Å². The second kappa shape index (κ2) is 6.70. The lowest BCUT2D eigenvalue weighted by molar-refractivity contribution is -0.384. The van der Waals surface area contributed by atoms with Crippen molar-refractivity contribution in [2.45, 2.75) is 13.8 Å². The maximum absolute atomic E-state index is 11.7. The molecule has 0 saturated heterocycles. The Morgan fingerprint density at radius 2 is 2.11 bits per heavy atom. The summed E-state index contributed by atoms with van der Waals surface area (Å²) in [5, 5.41) is 10.5. The van der Waals surface area contributed by atoms with Crippen LogP contribution >= 0.6 is 23.2 Å². The minimum atomic E-state index is -0.708. The lowest BCUT2D eigenvalue weighted by Gasteiger charge is -2.08. The lowest BCUT2D eigenvalue weighted by atomic mass is 10.2. The van der Waals surface area contributed by atoms with Crippen LogP contribution in [0.3, 0.4) is 0 Å². The molecule has 1 amide bonds. The Morgan fingerprint density at radius 3 is 2.63 bits per heavy atom. The zero-order chi connectivity index (χ0) is 14.6. The van der Waals surface area contributed by atoms with Crippen LogP contribution in [-0.4, -0.2) is 17.4 Å². The van der Waals surface area contributed by atoms with Crippen molar-refractivity contribution in [3.05, 3.63) is 37.9 Å². The van der Waals surface area contributed by atoms with Gasteiger partial charge in [-0.25, -0.2) is 5.48 Å². The third-order valence-corrected chi connectivity index (χ3v) is 2.84. The number of halogens is 2. The van der Waals surface area contributed by atoms with Crippen LogP contribution in [0.25, 0.3) is 0 Å². The smallest absolute Gasteiger partial charge is 0.273 e. The normalized spacial score (nSPS) is 10.6. The van der Waals surface area contributed by atoms with E-state index in [4.69, 9.17) is 28.0 Å². The summed E-state index contributed by atoms with van der Waals surface area (Å²) in [5.41, 5.74) is 1.76. The van der Waals surface area contributed by atoms with Gasteiger partial charge in [0.15, 0.2) is 0 Å². The molecule has 8 heteroatoms. The quantitative estimate of drug-likeness (QED) is 0.669. The van der Waals surface area contributed by atoms with Crippen molar-refractivity contribution in [2.75, 3.05) is 6.61 Å². The third-order valence-electron chi connectivity index (χ3n) is 2.05. The molecule has 1 aromatic carbocycles. The fourth-order valence-corrected chi connectivity index (χ4v) is 1.56. The van der Waals surface area contributed by atoms with E-state index < -0.39 is 16.5 Å². The topological polar surface area (TPSA) is 81.5 Å². The number of carbonyl (C=O) groups is 1. The van der Waals surface area contributed by atoms with E-state index in [9.17, 15) is 14.9 Å². The molecule has 0 saturated carbocycles. The number of nitrogens with zero attached hydrogens (tertiary/aromatic N) is 1. The molecule has 1 aromatic rings. The van der Waals surface area contributed by atoms with Crippen LogP contribution in [0.4, 0.5) is 5.69 Å². The molecule has 0 radical (unpaired) electrons. The number of amides is 1. The Bertz CT molecular complexity index is 506. The molecule has 0 spiro atoms. The molecule has 0 atom stereocenters. The number of carbonyl (C=O) groups excluding carboxylic acids is 1. The number of hydrogen-bond donors (Lipinski definition) is 1. The number of nitro groups is 1. The average molecular weight is 307 g/mol. The van der Waals surface area contributed by atoms with Gasteiger partial charge in [0.2, 0.25) is 0 Å². The largest absolute Gasteiger partial charge is 0.290 e. The Morgan fingerprint density at radius 1 is 1.47 bits per heavy atom. The molecule has 0 bridgehead atoms. The first kappa shape index (κ1) is 15.7. The highest BCUT2D eigenvalue weighted by molar-refractivity contribution is 6.43. The molecule has 0 fully saturated rings. The van der Waals surface area contributed by atoms with Crippen molar-refractivity contribution in [3.8, 4) is 0 Å². The standard InChI is InChI=1S/C11H12Cl2N2O4/c1-6(2)5-19-14-11(16)7-3-8(12)10(13)9(4-7)15(17)18/h3-4,6H,5H2,1-2H3,(H,14,16). The van der Waals surface area contributed by atoms with Gasteiger partial charge in [-0.1, -0.05) is 37.0 Å². The molecule has 0 aliphatic rings. The van der Waals surface area contributed by atoms with E-state index in [1.807, 2.05) is 13.8 Å². The van der Waals surface area contributed by atoms with Crippen LogP contribution in [0.5, 0.6) is 0 Å². The number of hydroxylamine groups is 1. The molecule has 0 aromatic heterocycles. The Kier molecular flexibility index (Phi) is 5.53. The van der Waals surface area contributed by atoms with Crippen LogP contribution in [0.2, 0.25) is 10.0 Å². The summed E-state index contributed by atoms with van der Waals surface area (Å²) in [6, 6.07) is 2.28. The average Bonchev–Trinajstić information content (AvgIpc) is 2.31. The van der Waals surface area contributed by atoms with E-state index in [-0.39, 0.29) is 21.5 Å². The molecular weight excluding hydrogens is 295 g/mol. The summed E-state index contributed by atoms with van der Waals surface area (Å²) < 4.78 is 0. The zero-order valence-electron chi connectivity index (χ0n) is 10.3. The van der Waals surface area contributed by atoms with Gasteiger partial charge in [-0.2, -0.15) is 0 Å². The minimum absolute atomic E-state index is 0.00450. The highest BCUT2D eigenvalue weighted by Crippen LogP contribution is 2.32. The minimum Gasteiger partial charge on any atom is -0.273 e. The van der Waals surface area contributed by atoms with Crippen LogP contribution in [0.15, 0.2) is 12.1 Å². The van der Waals surface area contributed by atoms with Crippen molar-refractivity contribution >= 4 is 34.8 Å². The van der Waals surface area contributed by atoms with Crippen molar-refractivity contribution in [3.63, 3.8) is 0 Å². The number of nitro benzene ring substituents is 1. The van der Waals surface area contributed by atoms with Gasteiger partial charge >= 0.3 is 0 Å². The van der Waals surface area contributed by atoms with Gasteiger partial charge < -0.3 is 0 Å². The first-order valence-corrected chi connectivity index (χ1v) is 6.14. The van der Waals surface area contributed by atoms with Crippen LogP contribution in [0.1, 0.15) is 24.2 Å². The number of nitrogens with one attached hydrogen (secondary N) is 1. The van der Waals surface area contributed by atoms with E-state index in [1.54, 1.807) is 0 Å². The van der Waals surface area contributed by atoms with Gasteiger partial charge in [0, 0.05) is 11.6 Å². The summed E-state index contributed by atoms with van der Waals surface area (Å²) in [4.78, 5) is 26.7. The molecule has 0 unspecified atom stereocenters. The fraction of sp³-hybridized carbons (Fsp3) is 0.364. The number of hydrogen-bond acceptors (Lipinski definition) is 4. The van der Waals surface area contributed by atoms with Gasteiger partial charge in [0.25, 0.3) is 11.6 Å². The van der Waals surface area contributed by atoms with Gasteiger partial charge in [-0.3, -0.25) is 19.7 Å². The second-order valence-corrected chi connectivity index (χ2v) is 4.97. The number of rotatable bonds is 5. The third kappa shape index (κ3) is 4.34. The van der Waals surface area contributed by atoms with E-state index in [0.717, 1.165) is 6.07 Å².